The largest absolute Gasteiger partial charge is 0.303 e. The highest BCUT2D eigenvalue weighted by atomic mass is 16.2. The van der Waals surface area contributed by atoms with Crippen LogP contribution in [0.5, 0.6) is 0 Å². The van der Waals surface area contributed by atoms with Gasteiger partial charge in [0.25, 0.3) is 0 Å². The van der Waals surface area contributed by atoms with Gasteiger partial charge in [-0.15, -0.1) is 0 Å². The van der Waals surface area contributed by atoms with Gasteiger partial charge < -0.3 is 4.90 Å². The highest BCUT2D eigenvalue weighted by molar-refractivity contribution is 5.90. The Bertz CT molecular complexity index is 648. The van der Waals surface area contributed by atoms with Crippen LogP contribution in [-0.2, 0) is 18.3 Å². The number of likely N-dealkylation sites (tertiary alicyclic amines) is 1. The minimum atomic E-state index is 0.0382. The maximum absolute atomic E-state index is 12.3. The van der Waals surface area contributed by atoms with Crippen LogP contribution in [0.3, 0.4) is 0 Å². The molecular weight excluding hydrogens is 304 g/mol. The highest BCUT2D eigenvalue weighted by Crippen LogP contribution is 2.19. The maximum Gasteiger partial charge on any atom is 0.229 e. The first-order valence-corrected chi connectivity index (χ1v) is 8.48. The first-order valence-electron chi connectivity index (χ1n) is 8.48. The topological polar surface area (TPSA) is 75.9 Å². The zero-order valence-corrected chi connectivity index (χ0v) is 14.1. The standard InChI is InChI=1S/C17H24N6O/c1-22-13-14(12-20-22)4-2-9-23-10-5-15(6-11-23)16(24)21-17-18-7-3-8-19-17/h3,7-8,12-13,15H,2,4-6,9-11H2,1H3,(H,18,19,21,24). The monoisotopic (exact) mass is 328 g/mol. The molecule has 1 aliphatic rings. The zero-order chi connectivity index (χ0) is 16.8. The maximum atomic E-state index is 12.3. The van der Waals surface area contributed by atoms with Crippen molar-refractivity contribution in [1.29, 1.82) is 0 Å². The summed E-state index contributed by atoms with van der Waals surface area (Å²) in [4.78, 5) is 22.8. The van der Waals surface area contributed by atoms with Crippen molar-refractivity contribution >= 4 is 11.9 Å². The summed E-state index contributed by atoms with van der Waals surface area (Å²) >= 11 is 0. The molecule has 0 radical (unpaired) electrons. The summed E-state index contributed by atoms with van der Waals surface area (Å²) in [5, 5.41) is 7.00. The smallest absolute Gasteiger partial charge is 0.229 e. The number of rotatable bonds is 6. The summed E-state index contributed by atoms with van der Waals surface area (Å²) in [6.45, 7) is 3.02. The molecule has 7 heteroatoms. The van der Waals surface area contributed by atoms with Crippen LogP contribution in [-0.4, -0.2) is 50.2 Å². The van der Waals surface area contributed by atoms with E-state index >= 15 is 0 Å². The number of aryl methyl sites for hydroxylation is 2. The van der Waals surface area contributed by atoms with Crippen molar-refractivity contribution in [2.45, 2.75) is 25.7 Å². The number of carbonyl (C=O) groups is 1. The van der Waals surface area contributed by atoms with E-state index in [-0.39, 0.29) is 11.8 Å². The van der Waals surface area contributed by atoms with Gasteiger partial charge in [0.1, 0.15) is 0 Å². The van der Waals surface area contributed by atoms with Gasteiger partial charge in [-0.25, -0.2) is 9.97 Å². The van der Waals surface area contributed by atoms with Gasteiger partial charge in [-0.2, -0.15) is 5.10 Å². The van der Waals surface area contributed by atoms with E-state index in [1.807, 2.05) is 17.9 Å². The number of nitrogens with one attached hydrogen (secondary N) is 1. The number of piperidine rings is 1. The fraction of sp³-hybridized carbons (Fsp3) is 0.529. The zero-order valence-electron chi connectivity index (χ0n) is 14.1. The second kappa shape index (κ2) is 8.01. The predicted molar refractivity (Wildman–Crippen MR) is 91.4 cm³/mol. The summed E-state index contributed by atoms with van der Waals surface area (Å²) in [5.74, 6) is 0.487. The van der Waals surface area contributed by atoms with Crippen LogP contribution >= 0.6 is 0 Å². The predicted octanol–water partition coefficient (Wildman–Crippen LogP) is 1.49. The van der Waals surface area contributed by atoms with Gasteiger partial charge in [-0.3, -0.25) is 14.8 Å². The molecule has 0 spiro atoms. The van der Waals surface area contributed by atoms with E-state index in [1.54, 1.807) is 18.5 Å². The van der Waals surface area contributed by atoms with Gasteiger partial charge in [0.05, 0.1) is 6.20 Å². The Balaban J connectivity index is 1.37. The summed E-state index contributed by atoms with van der Waals surface area (Å²) in [5.41, 5.74) is 1.29. The Morgan fingerprint density at radius 3 is 2.71 bits per heavy atom. The molecule has 3 heterocycles. The molecule has 1 aliphatic heterocycles. The molecule has 3 rings (SSSR count). The minimum Gasteiger partial charge on any atom is -0.303 e. The average molecular weight is 328 g/mol. The Hall–Kier alpha value is -2.28. The summed E-state index contributed by atoms with van der Waals surface area (Å²) < 4.78 is 1.84. The number of hydrogen-bond acceptors (Lipinski definition) is 5. The van der Waals surface area contributed by atoms with Gasteiger partial charge in [0, 0.05) is 31.6 Å². The second-order valence-corrected chi connectivity index (χ2v) is 6.30. The Morgan fingerprint density at radius 1 is 1.29 bits per heavy atom. The van der Waals surface area contributed by atoms with E-state index in [0.29, 0.717) is 5.95 Å². The van der Waals surface area contributed by atoms with Crippen molar-refractivity contribution in [1.82, 2.24) is 24.6 Å². The molecule has 2 aromatic heterocycles. The highest BCUT2D eigenvalue weighted by Gasteiger charge is 2.25. The molecule has 7 nitrogen and oxygen atoms in total. The van der Waals surface area contributed by atoms with Crippen LogP contribution in [0.2, 0.25) is 0 Å². The van der Waals surface area contributed by atoms with E-state index < -0.39 is 0 Å². The lowest BCUT2D eigenvalue weighted by molar-refractivity contribution is -0.121. The van der Waals surface area contributed by atoms with Crippen LogP contribution in [0.25, 0.3) is 0 Å². The van der Waals surface area contributed by atoms with Crippen molar-refractivity contribution in [3.05, 3.63) is 36.4 Å². The molecule has 1 amide bonds. The van der Waals surface area contributed by atoms with Gasteiger partial charge >= 0.3 is 0 Å². The van der Waals surface area contributed by atoms with Gasteiger partial charge in [-0.1, -0.05) is 0 Å². The number of carbonyl (C=O) groups excluding carboxylic acids is 1. The van der Waals surface area contributed by atoms with Crippen LogP contribution in [0.15, 0.2) is 30.9 Å². The van der Waals surface area contributed by atoms with Gasteiger partial charge in [-0.05, 0) is 56.9 Å². The van der Waals surface area contributed by atoms with Gasteiger partial charge in [0.15, 0.2) is 0 Å². The number of nitrogens with zero attached hydrogens (tertiary/aromatic N) is 5. The van der Waals surface area contributed by atoms with Crippen LogP contribution in [0.1, 0.15) is 24.8 Å². The van der Waals surface area contributed by atoms with Crippen LogP contribution < -0.4 is 5.32 Å². The fourth-order valence-corrected chi connectivity index (χ4v) is 3.10. The van der Waals surface area contributed by atoms with Crippen molar-refractivity contribution < 1.29 is 4.79 Å². The molecule has 1 saturated heterocycles. The lowest BCUT2D eigenvalue weighted by Crippen LogP contribution is -2.38. The SMILES string of the molecule is Cn1cc(CCCN2CCC(C(=O)Nc3ncccn3)CC2)cn1. The van der Waals surface area contributed by atoms with Crippen molar-refractivity contribution in [2.75, 3.05) is 25.0 Å². The Labute approximate surface area is 142 Å². The minimum absolute atomic E-state index is 0.0382. The first kappa shape index (κ1) is 16.6. The van der Waals surface area contributed by atoms with Crippen molar-refractivity contribution in [3.8, 4) is 0 Å². The second-order valence-electron chi connectivity index (χ2n) is 6.30. The lowest BCUT2D eigenvalue weighted by Gasteiger charge is -2.31. The number of aromatic nitrogens is 4. The van der Waals surface area contributed by atoms with Gasteiger partial charge in [0.2, 0.25) is 11.9 Å². The van der Waals surface area contributed by atoms with Crippen molar-refractivity contribution in [2.24, 2.45) is 13.0 Å². The third kappa shape index (κ3) is 4.61. The average Bonchev–Trinajstić information content (AvgIpc) is 3.02. The third-order valence-electron chi connectivity index (χ3n) is 4.46. The molecule has 1 fully saturated rings. The number of hydrogen-bond donors (Lipinski definition) is 1. The molecule has 0 unspecified atom stereocenters. The number of amides is 1. The molecule has 0 aromatic carbocycles. The molecule has 0 saturated carbocycles. The van der Waals surface area contributed by atoms with Crippen LogP contribution in [0.4, 0.5) is 5.95 Å². The van der Waals surface area contributed by atoms with E-state index in [2.05, 4.69) is 31.5 Å². The molecule has 24 heavy (non-hydrogen) atoms. The fourth-order valence-electron chi connectivity index (χ4n) is 3.10. The normalized spacial score (nSPS) is 16.2. The van der Waals surface area contributed by atoms with E-state index in [4.69, 9.17) is 0 Å². The molecule has 2 aromatic rings. The van der Waals surface area contributed by atoms with E-state index in [0.717, 1.165) is 45.3 Å². The summed E-state index contributed by atoms with van der Waals surface area (Å²) in [7, 11) is 1.94. The summed E-state index contributed by atoms with van der Waals surface area (Å²) in [6, 6.07) is 1.74. The van der Waals surface area contributed by atoms with Crippen molar-refractivity contribution in [3.63, 3.8) is 0 Å². The lowest BCUT2D eigenvalue weighted by atomic mass is 9.95. The molecule has 0 bridgehead atoms. The van der Waals surface area contributed by atoms with E-state index in [9.17, 15) is 4.79 Å². The molecule has 1 N–H and O–H groups in total. The Kier molecular flexibility index (Phi) is 5.53. The summed E-state index contributed by atoms with van der Waals surface area (Å²) in [6.07, 6.45) is 11.2. The number of anilines is 1. The quantitative estimate of drug-likeness (QED) is 0.869. The molecule has 128 valence electrons. The van der Waals surface area contributed by atoms with Crippen LogP contribution in [0, 0.1) is 5.92 Å². The molecular formula is C17H24N6O. The Morgan fingerprint density at radius 2 is 2.04 bits per heavy atom. The molecule has 0 aliphatic carbocycles. The third-order valence-corrected chi connectivity index (χ3v) is 4.46. The van der Waals surface area contributed by atoms with E-state index in [1.165, 1.54) is 5.56 Å². The molecule has 0 atom stereocenters. The first-order chi connectivity index (χ1) is 11.7.